The lowest BCUT2D eigenvalue weighted by atomic mass is 9.47. The Bertz CT molecular complexity index is 960. The molecule has 0 aromatic heterocycles. The van der Waals surface area contributed by atoms with Gasteiger partial charge in [0.1, 0.15) is 6.10 Å². The van der Waals surface area contributed by atoms with E-state index in [0.717, 1.165) is 54.8 Å². The lowest BCUT2D eigenvalue weighted by Crippen LogP contribution is -2.51. The van der Waals surface area contributed by atoms with Crippen LogP contribution in [-0.4, -0.2) is 12.1 Å². The highest BCUT2D eigenvalue weighted by Crippen LogP contribution is 2.67. The molecule has 0 aromatic rings. The third-order valence-electron chi connectivity index (χ3n) is 13.8. The SMILES string of the molecule is CC(C)CCC[C@@H](C)[C@H]1CC[C@H]2[C@@H]3CC=C4CC(OC(=O)[C@@H]5CC=C[C@H]6CCC[C@H]65)CC[C@]4(C)[C@H]3CC[C@]12C. The number of esters is 1. The zero-order valence-electron chi connectivity index (χ0n) is 25.9. The summed E-state index contributed by atoms with van der Waals surface area (Å²) < 4.78 is 6.33. The summed E-state index contributed by atoms with van der Waals surface area (Å²) in [5.74, 6) is 6.66. The number of allylic oxidation sites excluding steroid dienone is 3. The molecule has 39 heavy (non-hydrogen) atoms. The molecule has 6 aliphatic rings. The van der Waals surface area contributed by atoms with E-state index in [2.05, 4.69) is 52.8 Å². The summed E-state index contributed by atoms with van der Waals surface area (Å²) in [6.07, 6.45) is 26.6. The first-order valence-corrected chi connectivity index (χ1v) is 17.3. The van der Waals surface area contributed by atoms with Crippen LogP contribution in [0.2, 0.25) is 0 Å². The molecule has 0 spiro atoms. The second-order valence-corrected chi connectivity index (χ2v) is 16.1. The van der Waals surface area contributed by atoms with Gasteiger partial charge in [0.15, 0.2) is 0 Å². The average molecular weight is 535 g/mol. The van der Waals surface area contributed by atoms with Crippen LogP contribution in [0.25, 0.3) is 0 Å². The van der Waals surface area contributed by atoms with Gasteiger partial charge in [0.2, 0.25) is 0 Å². The van der Waals surface area contributed by atoms with Gasteiger partial charge in [-0.25, -0.2) is 0 Å². The van der Waals surface area contributed by atoms with Crippen molar-refractivity contribution >= 4 is 5.97 Å². The Morgan fingerprint density at radius 3 is 2.62 bits per heavy atom. The predicted octanol–water partition coefficient (Wildman–Crippen LogP) is 9.93. The van der Waals surface area contributed by atoms with E-state index in [1.54, 1.807) is 5.57 Å². The van der Waals surface area contributed by atoms with E-state index < -0.39 is 0 Å². The Labute approximate surface area is 240 Å². The molecular formula is C37H58O2. The van der Waals surface area contributed by atoms with Gasteiger partial charge in [0, 0.05) is 6.42 Å². The van der Waals surface area contributed by atoms with Gasteiger partial charge in [-0.05, 0) is 122 Å². The number of carbonyl (C=O) groups excluding carboxylic acids is 1. The molecule has 0 aliphatic heterocycles. The van der Waals surface area contributed by atoms with Crippen LogP contribution in [0.1, 0.15) is 131 Å². The molecule has 2 heteroatoms. The van der Waals surface area contributed by atoms with Crippen molar-refractivity contribution in [2.24, 2.45) is 64.1 Å². The van der Waals surface area contributed by atoms with Crippen LogP contribution in [0, 0.1) is 64.1 Å². The minimum absolute atomic E-state index is 0.107. The highest BCUT2D eigenvalue weighted by molar-refractivity contribution is 5.73. The normalized spacial score (nSPS) is 45.6. The van der Waals surface area contributed by atoms with Crippen molar-refractivity contribution < 1.29 is 9.53 Å². The van der Waals surface area contributed by atoms with E-state index >= 15 is 0 Å². The van der Waals surface area contributed by atoms with Crippen molar-refractivity contribution in [2.45, 2.75) is 137 Å². The maximum atomic E-state index is 13.3. The summed E-state index contributed by atoms with van der Waals surface area (Å²) in [5, 5.41) is 0. The van der Waals surface area contributed by atoms with Crippen molar-refractivity contribution in [3.05, 3.63) is 23.8 Å². The average Bonchev–Trinajstić information content (AvgIpc) is 3.52. The summed E-state index contributed by atoms with van der Waals surface area (Å²) in [6.45, 7) is 12.6. The standard InChI is InChI=1S/C37H58O2/c1-24(2)9-6-10-25(3)32-17-18-33-31-16-15-27-23-28(19-21-36(27,4)34(31)20-22-37(32,33)5)39-35(38)30-14-8-12-26-11-7-13-29(26)30/h8,12,15,24-26,28-34H,6-7,9-11,13-14,16-23H2,1-5H3/t25-,26-,28?,29-,30-,31+,32-,33+,34+,36+,37-/m1/s1. The van der Waals surface area contributed by atoms with Gasteiger partial charge in [-0.2, -0.15) is 0 Å². The second-order valence-electron chi connectivity index (χ2n) is 16.1. The fourth-order valence-corrected chi connectivity index (χ4v) is 11.6. The first-order valence-electron chi connectivity index (χ1n) is 17.3. The molecule has 218 valence electrons. The third kappa shape index (κ3) is 5.01. The summed E-state index contributed by atoms with van der Waals surface area (Å²) in [5.41, 5.74) is 2.53. The lowest BCUT2D eigenvalue weighted by Gasteiger charge is -2.58. The van der Waals surface area contributed by atoms with E-state index in [9.17, 15) is 4.79 Å². The zero-order chi connectivity index (χ0) is 27.4. The second kappa shape index (κ2) is 11.0. The molecule has 4 fully saturated rings. The molecule has 0 saturated heterocycles. The van der Waals surface area contributed by atoms with Gasteiger partial charge in [-0.15, -0.1) is 0 Å². The van der Waals surface area contributed by atoms with Crippen molar-refractivity contribution in [2.75, 3.05) is 0 Å². The molecule has 0 radical (unpaired) electrons. The van der Waals surface area contributed by atoms with Crippen LogP contribution in [0.4, 0.5) is 0 Å². The van der Waals surface area contributed by atoms with Crippen molar-refractivity contribution in [1.29, 1.82) is 0 Å². The fourth-order valence-electron chi connectivity index (χ4n) is 11.6. The molecule has 0 bridgehead atoms. The molecular weight excluding hydrogens is 476 g/mol. The van der Waals surface area contributed by atoms with Gasteiger partial charge in [-0.1, -0.05) is 84.1 Å². The fraction of sp³-hybridized carbons (Fsp3) is 0.865. The first kappa shape index (κ1) is 28.1. The highest BCUT2D eigenvalue weighted by atomic mass is 16.5. The number of carbonyl (C=O) groups is 1. The summed E-state index contributed by atoms with van der Waals surface area (Å²) in [6, 6.07) is 0. The van der Waals surface area contributed by atoms with Crippen LogP contribution in [0.15, 0.2) is 23.8 Å². The van der Waals surface area contributed by atoms with Crippen molar-refractivity contribution in [1.82, 2.24) is 0 Å². The highest BCUT2D eigenvalue weighted by Gasteiger charge is 2.59. The number of fused-ring (bicyclic) bond motifs is 6. The Morgan fingerprint density at radius 1 is 0.949 bits per heavy atom. The molecule has 6 rings (SSSR count). The Morgan fingerprint density at radius 2 is 1.79 bits per heavy atom. The van der Waals surface area contributed by atoms with E-state index in [0.29, 0.717) is 22.7 Å². The van der Waals surface area contributed by atoms with E-state index in [4.69, 9.17) is 4.74 Å². The molecule has 4 saturated carbocycles. The molecule has 6 aliphatic carbocycles. The molecule has 11 atom stereocenters. The Hall–Kier alpha value is -1.05. The number of ether oxygens (including phenoxy) is 1. The van der Waals surface area contributed by atoms with Crippen molar-refractivity contribution in [3.8, 4) is 0 Å². The molecule has 1 unspecified atom stereocenters. The van der Waals surface area contributed by atoms with Crippen LogP contribution in [0.3, 0.4) is 0 Å². The van der Waals surface area contributed by atoms with E-state index in [1.807, 2.05) is 0 Å². The zero-order valence-corrected chi connectivity index (χ0v) is 25.9. The number of hydrogen-bond acceptors (Lipinski definition) is 2. The third-order valence-corrected chi connectivity index (χ3v) is 13.8. The molecule has 0 heterocycles. The minimum Gasteiger partial charge on any atom is -0.462 e. The van der Waals surface area contributed by atoms with Gasteiger partial charge < -0.3 is 4.74 Å². The van der Waals surface area contributed by atoms with Gasteiger partial charge in [0.25, 0.3) is 0 Å². The van der Waals surface area contributed by atoms with Crippen LogP contribution >= 0.6 is 0 Å². The Kier molecular flexibility index (Phi) is 7.91. The molecule has 0 N–H and O–H groups in total. The van der Waals surface area contributed by atoms with Gasteiger partial charge in [-0.3, -0.25) is 4.79 Å². The Balaban J connectivity index is 1.10. The summed E-state index contributed by atoms with van der Waals surface area (Å²) in [7, 11) is 0. The quantitative estimate of drug-likeness (QED) is 0.240. The molecule has 0 aromatic carbocycles. The number of rotatable bonds is 7. The smallest absolute Gasteiger partial charge is 0.309 e. The largest absolute Gasteiger partial charge is 0.462 e. The van der Waals surface area contributed by atoms with Gasteiger partial charge >= 0.3 is 5.97 Å². The molecule has 2 nitrogen and oxygen atoms in total. The first-order chi connectivity index (χ1) is 18.7. The maximum absolute atomic E-state index is 13.3. The number of hydrogen-bond donors (Lipinski definition) is 0. The van der Waals surface area contributed by atoms with Crippen molar-refractivity contribution in [3.63, 3.8) is 0 Å². The topological polar surface area (TPSA) is 26.3 Å². The lowest BCUT2D eigenvalue weighted by molar-refractivity contribution is -0.159. The summed E-state index contributed by atoms with van der Waals surface area (Å²) in [4.78, 5) is 13.3. The maximum Gasteiger partial charge on any atom is 0.309 e. The van der Waals surface area contributed by atoms with Crippen LogP contribution < -0.4 is 0 Å². The monoisotopic (exact) mass is 534 g/mol. The van der Waals surface area contributed by atoms with E-state index in [1.165, 1.54) is 77.0 Å². The molecule has 0 amide bonds. The van der Waals surface area contributed by atoms with Crippen LogP contribution in [-0.2, 0) is 9.53 Å². The van der Waals surface area contributed by atoms with E-state index in [-0.39, 0.29) is 18.0 Å². The van der Waals surface area contributed by atoms with Gasteiger partial charge in [0.05, 0.1) is 5.92 Å². The van der Waals surface area contributed by atoms with Crippen LogP contribution in [0.5, 0.6) is 0 Å². The minimum atomic E-state index is 0.107. The summed E-state index contributed by atoms with van der Waals surface area (Å²) >= 11 is 0. The predicted molar refractivity (Wildman–Crippen MR) is 161 cm³/mol.